The maximum Gasteiger partial charge on any atom is 0.399 e. The van der Waals surface area contributed by atoms with Gasteiger partial charge in [0.1, 0.15) is 5.41 Å². The van der Waals surface area contributed by atoms with E-state index < -0.39 is 42.0 Å². The van der Waals surface area contributed by atoms with Crippen LogP contribution in [0.5, 0.6) is 0 Å². The Morgan fingerprint density at radius 2 is 1.44 bits per heavy atom. The standard InChI is InChI=1S/C7H9F3O6/c8-7(9,10)4(1-2-4)6(15,16)5(13,14)3(11)12/h13-16H,1-2H2,(H,11,12). The van der Waals surface area contributed by atoms with Crippen molar-refractivity contribution in [1.29, 1.82) is 0 Å². The SMILES string of the molecule is O=C(O)C(O)(O)C(O)(O)C1(C(F)(F)F)CC1. The second kappa shape index (κ2) is 3.06. The van der Waals surface area contributed by atoms with Gasteiger partial charge in [0.2, 0.25) is 5.79 Å². The van der Waals surface area contributed by atoms with E-state index in [1.165, 1.54) is 0 Å². The molecule has 0 unspecified atom stereocenters. The summed E-state index contributed by atoms with van der Waals surface area (Å²) in [6.07, 6.45) is -6.73. The molecule has 0 aliphatic heterocycles. The van der Waals surface area contributed by atoms with Crippen molar-refractivity contribution in [3.05, 3.63) is 0 Å². The van der Waals surface area contributed by atoms with E-state index in [9.17, 15) is 18.0 Å². The predicted octanol–water partition coefficient (Wildman–Crippen LogP) is -1.22. The third kappa shape index (κ3) is 1.39. The number of aliphatic hydroxyl groups is 4. The van der Waals surface area contributed by atoms with Gasteiger partial charge in [0.05, 0.1) is 0 Å². The van der Waals surface area contributed by atoms with E-state index in [2.05, 4.69) is 0 Å². The molecule has 9 heteroatoms. The highest BCUT2D eigenvalue weighted by Crippen LogP contribution is 2.65. The number of carboxylic acid groups (broad SMARTS) is 1. The molecule has 1 aliphatic carbocycles. The minimum Gasteiger partial charge on any atom is -0.477 e. The molecule has 0 spiro atoms. The van der Waals surface area contributed by atoms with Gasteiger partial charge in [0, 0.05) is 0 Å². The number of hydrogen-bond donors (Lipinski definition) is 5. The van der Waals surface area contributed by atoms with Crippen LogP contribution in [0.15, 0.2) is 0 Å². The topological polar surface area (TPSA) is 118 Å². The van der Waals surface area contributed by atoms with Crippen molar-refractivity contribution in [2.24, 2.45) is 5.41 Å². The lowest BCUT2D eigenvalue weighted by Gasteiger charge is -2.38. The number of carbonyl (C=O) groups is 1. The minimum absolute atomic E-state index is 0.792. The van der Waals surface area contributed by atoms with Gasteiger partial charge in [0.15, 0.2) is 0 Å². The second-order valence-electron chi connectivity index (χ2n) is 3.73. The van der Waals surface area contributed by atoms with Crippen molar-refractivity contribution < 1.29 is 43.5 Å². The highest BCUT2D eigenvalue weighted by atomic mass is 19.4. The summed E-state index contributed by atoms with van der Waals surface area (Å²) in [4.78, 5) is 10.3. The number of carboxylic acids is 1. The lowest BCUT2D eigenvalue weighted by Crippen LogP contribution is -2.67. The zero-order chi connectivity index (χ0) is 13.0. The first kappa shape index (κ1) is 13.2. The average molecular weight is 246 g/mol. The molecule has 0 radical (unpaired) electrons. The Bertz CT molecular complexity index is 317. The van der Waals surface area contributed by atoms with E-state index in [1.807, 2.05) is 0 Å². The van der Waals surface area contributed by atoms with E-state index in [4.69, 9.17) is 25.5 Å². The summed E-state index contributed by atoms with van der Waals surface area (Å²) in [5.41, 5.74) is -3.22. The third-order valence-electron chi connectivity index (χ3n) is 2.74. The number of aliphatic carboxylic acids is 1. The maximum absolute atomic E-state index is 12.5. The molecule has 1 saturated carbocycles. The lowest BCUT2D eigenvalue weighted by atomic mass is 9.87. The molecule has 5 N–H and O–H groups in total. The molecule has 94 valence electrons. The van der Waals surface area contributed by atoms with Crippen LogP contribution in [0.1, 0.15) is 12.8 Å². The van der Waals surface area contributed by atoms with Crippen molar-refractivity contribution in [3.8, 4) is 0 Å². The summed E-state index contributed by atoms with van der Waals surface area (Å²) in [6, 6.07) is 0. The molecule has 1 fully saturated rings. The van der Waals surface area contributed by atoms with Gasteiger partial charge in [-0.3, -0.25) is 0 Å². The average Bonchev–Trinajstić information content (AvgIpc) is 2.80. The predicted molar refractivity (Wildman–Crippen MR) is 39.7 cm³/mol. The highest BCUT2D eigenvalue weighted by Gasteiger charge is 2.80. The molecule has 6 nitrogen and oxygen atoms in total. The van der Waals surface area contributed by atoms with E-state index in [1.54, 1.807) is 0 Å². The van der Waals surface area contributed by atoms with Crippen molar-refractivity contribution in [3.63, 3.8) is 0 Å². The van der Waals surface area contributed by atoms with Crippen molar-refractivity contribution in [1.82, 2.24) is 0 Å². The van der Waals surface area contributed by atoms with Crippen molar-refractivity contribution in [2.45, 2.75) is 30.6 Å². The smallest absolute Gasteiger partial charge is 0.399 e. The molecule has 0 aromatic carbocycles. The summed E-state index contributed by atoms with van der Waals surface area (Å²) >= 11 is 0. The Morgan fingerprint density at radius 3 is 1.62 bits per heavy atom. The zero-order valence-corrected chi connectivity index (χ0v) is 7.69. The van der Waals surface area contributed by atoms with Gasteiger partial charge < -0.3 is 25.5 Å². The number of halogens is 3. The van der Waals surface area contributed by atoms with Gasteiger partial charge in [-0.2, -0.15) is 13.2 Å². The summed E-state index contributed by atoms with van der Waals surface area (Å²) in [6.45, 7) is 0. The first-order valence-corrected chi connectivity index (χ1v) is 4.10. The largest absolute Gasteiger partial charge is 0.477 e. The molecule has 1 rings (SSSR count). The van der Waals surface area contributed by atoms with Crippen LogP contribution in [0.3, 0.4) is 0 Å². The quantitative estimate of drug-likeness (QED) is 0.398. The van der Waals surface area contributed by atoms with Crippen molar-refractivity contribution >= 4 is 5.97 Å². The molecule has 0 saturated heterocycles. The van der Waals surface area contributed by atoms with Crippen LogP contribution in [0.25, 0.3) is 0 Å². The van der Waals surface area contributed by atoms with Crippen molar-refractivity contribution in [2.75, 3.05) is 0 Å². The Labute approximate surface area is 86.6 Å². The molecule has 0 aromatic heterocycles. The Kier molecular flexibility index (Phi) is 2.52. The fraction of sp³-hybridized carbons (Fsp3) is 0.857. The van der Waals surface area contributed by atoms with Crippen LogP contribution in [0, 0.1) is 5.41 Å². The maximum atomic E-state index is 12.5. The third-order valence-corrected chi connectivity index (χ3v) is 2.74. The molecule has 0 amide bonds. The number of alkyl halides is 3. The van der Waals surface area contributed by atoms with E-state index in [0.29, 0.717) is 0 Å². The molecule has 0 atom stereocenters. The molecule has 0 bridgehead atoms. The molecule has 0 aromatic rings. The summed E-state index contributed by atoms with van der Waals surface area (Å²) in [5, 5.41) is 44.1. The fourth-order valence-electron chi connectivity index (χ4n) is 1.44. The molecule has 0 heterocycles. The minimum atomic E-state index is -5.15. The summed E-state index contributed by atoms with van der Waals surface area (Å²) in [5.74, 6) is -11.1. The van der Waals surface area contributed by atoms with Gasteiger partial charge >= 0.3 is 17.9 Å². The van der Waals surface area contributed by atoms with E-state index in [0.717, 1.165) is 0 Å². The Balaban J connectivity index is 3.18. The molecular weight excluding hydrogens is 237 g/mol. The monoisotopic (exact) mass is 246 g/mol. The van der Waals surface area contributed by atoms with Crippen LogP contribution in [0.2, 0.25) is 0 Å². The molecule has 1 aliphatic rings. The molecular formula is C7H9F3O6. The number of hydrogen-bond acceptors (Lipinski definition) is 5. The summed E-state index contributed by atoms with van der Waals surface area (Å²) < 4.78 is 37.4. The highest BCUT2D eigenvalue weighted by molar-refractivity contribution is 5.76. The van der Waals surface area contributed by atoms with Crippen LogP contribution in [0.4, 0.5) is 13.2 Å². The first-order valence-electron chi connectivity index (χ1n) is 4.10. The van der Waals surface area contributed by atoms with E-state index >= 15 is 0 Å². The van der Waals surface area contributed by atoms with Crippen LogP contribution < -0.4 is 0 Å². The zero-order valence-electron chi connectivity index (χ0n) is 7.69. The van der Waals surface area contributed by atoms with Crippen LogP contribution in [-0.4, -0.2) is 49.3 Å². The van der Waals surface area contributed by atoms with E-state index in [-0.39, 0.29) is 0 Å². The second-order valence-corrected chi connectivity index (χ2v) is 3.73. The lowest BCUT2D eigenvalue weighted by molar-refractivity contribution is -0.404. The van der Waals surface area contributed by atoms with Gasteiger partial charge in [-0.1, -0.05) is 0 Å². The number of rotatable bonds is 3. The Hall–Kier alpha value is -0.900. The van der Waals surface area contributed by atoms with Gasteiger partial charge in [-0.15, -0.1) is 0 Å². The van der Waals surface area contributed by atoms with Crippen LogP contribution >= 0.6 is 0 Å². The fourth-order valence-corrected chi connectivity index (χ4v) is 1.44. The molecule has 16 heavy (non-hydrogen) atoms. The first-order chi connectivity index (χ1) is 6.90. The normalized spacial score (nSPS) is 20.7. The Morgan fingerprint density at radius 1 is 1.06 bits per heavy atom. The van der Waals surface area contributed by atoms with Gasteiger partial charge in [-0.05, 0) is 12.8 Å². The van der Waals surface area contributed by atoms with Gasteiger partial charge in [0.25, 0.3) is 0 Å². The van der Waals surface area contributed by atoms with Crippen LogP contribution in [-0.2, 0) is 4.79 Å². The van der Waals surface area contributed by atoms with Gasteiger partial charge in [-0.25, -0.2) is 4.79 Å². The summed E-state index contributed by atoms with van der Waals surface area (Å²) in [7, 11) is 0.